The summed E-state index contributed by atoms with van der Waals surface area (Å²) >= 11 is 0. The van der Waals surface area contributed by atoms with Gasteiger partial charge in [-0.25, -0.2) is 0 Å². The molecule has 0 atom stereocenters. The van der Waals surface area contributed by atoms with E-state index in [1.54, 1.807) is 0 Å². The number of aryl methyl sites for hydroxylation is 2. The largest absolute Gasteiger partial charge is 0.139 e. The molecule has 1 rings (SSSR count). The van der Waals surface area contributed by atoms with Gasteiger partial charge in [0.1, 0.15) is 7.85 Å². The zero-order valence-electron chi connectivity index (χ0n) is 7.15. The normalized spacial score (nSPS) is 9.90. The summed E-state index contributed by atoms with van der Waals surface area (Å²) in [6.45, 7) is 6.49. The predicted octanol–water partition coefficient (Wildman–Crippen LogP) is 0.870. The van der Waals surface area contributed by atoms with Crippen LogP contribution in [0.4, 0.5) is 0 Å². The molecule has 0 bridgehead atoms. The van der Waals surface area contributed by atoms with Gasteiger partial charge in [0.2, 0.25) is 0 Å². The van der Waals surface area contributed by atoms with Crippen molar-refractivity contribution in [1.29, 1.82) is 0 Å². The van der Waals surface area contributed by atoms with Crippen molar-refractivity contribution >= 4 is 13.3 Å². The molecule has 0 spiro atoms. The van der Waals surface area contributed by atoms with Gasteiger partial charge in [0.05, 0.1) is 0 Å². The fourth-order valence-electron chi connectivity index (χ4n) is 1.09. The molecule has 0 fully saturated rings. The fourth-order valence-corrected chi connectivity index (χ4v) is 1.09. The van der Waals surface area contributed by atoms with Crippen molar-refractivity contribution in [2.24, 2.45) is 0 Å². The van der Waals surface area contributed by atoms with Crippen molar-refractivity contribution in [3.63, 3.8) is 0 Å². The highest BCUT2D eigenvalue weighted by molar-refractivity contribution is 6.34. The minimum atomic E-state index is 1.39. The number of hydrogen-bond donors (Lipinski definition) is 0. The van der Waals surface area contributed by atoms with Gasteiger partial charge in [-0.3, -0.25) is 0 Å². The second-order valence-electron chi connectivity index (χ2n) is 2.95. The van der Waals surface area contributed by atoms with Crippen LogP contribution in [0.25, 0.3) is 0 Å². The molecule has 0 aliphatic rings. The molecule has 1 aromatic carbocycles. The second-order valence-corrected chi connectivity index (χ2v) is 2.95. The Kier molecular flexibility index (Phi) is 1.84. The molecule has 0 saturated carbocycles. The molecule has 1 heteroatoms. The van der Waals surface area contributed by atoms with Crippen LogP contribution < -0.4 is 5.46 Å². The SMILES string of the molecule is Bc1c(C)ccc(C)c1C. The van der Waals surface area contributed by atoms with E-state index in [0.29, 0.717) is 0 Å². The molecule has 0 amide bonds. The third kappa shape index (κ3) is 1.09. The maximum absolute atomic E-state index is 2.18. The standard InChI is InChI=1S/C9H13B/c1-6-4-5-7(2)9(10)8(6)3/h4-5H,10H2,1-3H3. The van der Waals surface area contributed by atoms with E-state index in [1.165, 1.54) is 22.2 Å². The van der Waals surface area contributed by atoms with Crippen LogP contribution in [-0.2, 0) is 0 Å². The second kappa shape index (κ2) is 2.49. The molecule has 10 heavy (non-hydrogen) atoms. The molecule has 0 unspecified atom stereocenters. The molecule has 52 valence electrons. The van der Waals surface area contributed by atoms with E-state index in [0.717, 1.165) is 0 Å². The summed E-state index contributed by atoms with van der Waals surface area (Å²) in [5.41, 5.74) is 5.64. The molecule has 0 heterocycles. The van der Waals surface area contributed by atoms with Gasteiger partial charge in [-0.2, -0.15) is 0 Å². The van der Waals surface area contributed by atoms with E-state index in [1.807, 2.05) is 0 Å². The van der Waals surface area contributed by atoms with Gasteiger partial charge in [-0.15, -0.1) is 0 Å². The highest BCUT2D eigenvalue weighted by Crippen LogP contribution is 2.04. The van der Waals surface area contributed by atoms with Crippen LogP contribution in [0.3, 0.4) is 0 Å². The van der Waals surface area contributed by atoms with Crippen LogP contribution in [0.1, 0.15) is 16.7 Å². The molecule has 0 aliphatic heterocycles. The van der Waals surface area contributed by atoms with E-state index in [9.17, 15) is 0 Å². The highest BCUT2D eigenvalue weighted by atomic mass is 14.0. The Bertz CT molecular complexity index is 224. The molecule has 0 nitrogen and oxygen atoms in total. The lowest BCUT2D eigenvalue weighted by molar-refractivity contribution is 1.33. The van der Waals surface area contributed by atoms with Gasteiger partial charge in [0, 0.05) is 0 Å². The quantitative estimate of drug-likeness (QED) is 0.459. The maximum atomic E-state index is 2.18. The van der Waals surface area contributed by atoms with Crippen molar-refractivity contribution in [1.82, 2.24) is 0 Å². The summed E-state index contributed by atoms with van der Waals surface area (Å²) in [4.78, 5) is 0. The number of rotatable bonds is 0. The number of benzene rings is 1. The number of hydrogen-bond acceptors (Lipinski definition) is 0. The Morgan fingerprint density at radius 2 is 1.50 bits per heavy atom. The van der Waals surface area contributed by atoms with Gasteiger partial charge in [0.25, 0.3) is 0 Å². The Hall–Kier alpha value is -0.715. The van der Waals surface area contributed by atoms with Gasteiger partial charge in [-0.05, 0) is 26.3 Å². The third-order valence-corrected chi connectivity index (χ3v) is 2.33. The van der Waals surface area contributed by atoms with Gasteiger partial charge < -0.3 is 0 Å². The first-order valence-electron chi connectivity index (χ1n) is 3.66. The topological polar surface area (TPSA) is 0 Å². The third-order valence-electron chi connectivity index (χ3n) is 2.33. The van der Waals surface area contributed by atoms with Crippen LogP contribution in [0.5, 0.6) is 0 Å². The Balaban J connectivity index is 3.34. The van der Waals surface area contributed by atoms with Crippen LogP contribution in [0, 0.1) is 20.8 Å². The minimum Gasteiger partial charge on any atom is -0.0830 e. The smallest absolute Gasteiger partial charge is 0.0830 e. The first-order chi connectivity index (χ1) is 4.63. The summed E-state index contributed by atoms with van der Waals surface area (Å²) < 4.78 is 0. The van der Waals surface area contributed by atoms with Crippen molar-refractivity contribution in [2.75, 3.05) is 0 Å². The average Bonchev–Trinajstić information content (AvgIpc) is 1.93. The Morgan fingerprint density at radius 3 is 2.00 bits per heavy atom. The lowest BCUT2D eigenvalue weighted by Gasteiger charge is -2.06. The lowest BCUT2D eigenvalue weighted by Crippen LogP contribution is -2.12. The zero-order chi connectivity index (χ0) is 7.72. The zero-order valence-corrected chi connectivity index (χ0v) is 7.15. The highest BCUT2D eigenvalue weighted by Gasteiger charge is 1.97. The van der Waals surface area contributed by atoms with E-state index < -0.39 is 0 Å². The summed E-state index contributed by atoms with van der Waals surface area (Å²) in [7, 11) is 2.18. The predicted molar refractivity (Wildman–Crippen MR) is 48.8 cm³/mol. The van der Waals surface area contributed by atoms with Crippen LogP contribution in [-0.4, -0.2) is 7.85 Å². The van der Waals surface area contributed by atoms with Crippen LogP contribution >= 0.6 is 0 Å². The van der Waals surface area contributed by atoms with Crippen molar-refractivity contribution in [3.05, 3.63) is 28.8 Å². The molecule has 0 aromatic heterocycles. The molecular weight excluding hydrogens is 119 g/mol. The van der Waals surface area contributed by atoms with E-state index in [4.69, 9.17) is 0 Å². The van der Waals surface area contributed by atoms with Crippen molar-refractivity contribution in [2.45, 2.75) is 20.8 Å². The van der Waals surface area contributed by atoms with Crippen molar-refractivity contribution < 1.29 is 0 Å². The average molecular weight is 132 g/mol. The van der Waals surface area contributed by atoms with Gasteiger partial charge in [-0.1, -0.05) is 28.7 Å². The summed E-state index contributed by atoms with van der Waals surface area (Å²) in [6.07, 6.45) is 0. The summed E-state index contributed by atoms with van der Waals surface area (Å²) in [5.74, 6) is 0. The summed E-state index contributed by atoms with van der Waals surface area (Å²) in [6, 6.07) is 4.36. The molecule has 0 saturated heterocycles. The van der Waals surface area contributed by atoms with E-state index in [-0.39, 0.29) is 0 Å². The van der Waals surface area contributed by atoms with Crippen molar-refractivity contribution in [3.8, 4) is 0 Å². The van der Waals surface area contributed by atoms with E-state index >= 15 is 0 Å². The van der Waals surface area contributed by atoms with Gasteiger partial charge >= 0.3 is 0 Å². The maximum Gasteiger partial charge on any atom is 0.139 e. The molecule has 1 aromatic rings. The summed E-state index contributed by atoms with van der Waals surface area (Å²) in [5, 5.41) is 0. The first-order valence-corrected chi connectivity index (χ1v) is 3.66. The van der Waals surface area contributed by atoms with Crippen LogP contribution in [0.15, 0.2) is 12.1 Å². The Labute approximate surface area is 63.7 Å². The molecule has 0 N–H and O–H groups in total. The monoisotopic (exact) mass is 132 g/mol. The van der Waals surface area contributed by atoms with Gasteiger partial charge in [0.15, 0.2) is 0 Å². The fraction of sp³-hybridized carbons (Fsp3) is 0.333. The van der Waals surface area contributed by atoms with E-state index in [2.05, 4.69) is 40.8 Å². The first kappa shape index (κ1) is 7.39. The lowest BCUT2D eigenvalue weighted by atomic mass is 9.85. The van der Waals surface area contributed by atoms with Crippen LogP contribution in [0.2, 0.25) is 0 Å². The minimum absolute atomic E-state index is 1.39. The Morgan fingerprint density at radius 1 is 1.00 bits per heavy atom. The molecule has 0 radical (unpaired) electrons. The molecule has 0 aliphatic carbocycles. The molecular formula is C9H13B.